The Hall–Kier alpha value is -3.67. The fourth-order valence-corrected chi connectivity index (χ4v) is 2.71. The molecule has 0 amide bonds. The number of rotatable bonds is 5. The van der Waals surface area contributed by atoms with Crippen molar-refractivity contribution in [1.29, 1.82) is 0 Å². The lowest BCUT2D eigenvalue weighted by atomic mass is 10.2. The second-order valence-electron chi connectivity index (χ2n) is 6.01. The molecule has 6 nitrogen and oxygen atoms in total. The van der Waals surface area contributed by atoms with Gasteiger partial charge in [-0.3, -0.25) is 0 Å². The first-order valence-electron chi connectivity index (χ1n) is 8.50. The summed E-state index contributed by atoms with van der Waals surface area (Å²) in [7, 11) is 0. The number of fused-ring (bicyclic) bond motifs is 1. The third-order valence-corrected chi connectivity index (χ3v) is 4.13. The summed E-state index contributed by atoms with van der Waals surface area (Å²) in [4.78, 5) is 24.1. The highest BCUT2D eigenvalue weighted by Crippen LogP contribution is 2.26. The van der Waals surface area contributed by atoms with Crippen LogP contribution in [0.2, 0.25) is 0 Å². The number of hydrogen-bond donors (Lipinski definition) is 1. The number of aromatic nitrogens is 3. The summed E-state index contributed by atoms with van der Waals surface area (Å²) in [6, 6.07) is 19.2. The first kappa shape index (κ1) is 16.8. The molecule has 0 unspecified atom stereocenters. The molecule has 4 rings (SSSR count). The number of esters is 1. The molecule has 2 aromatic carbocycles. The van der Waals surface area contributed by atoms with Crippen molar-refractivity contribution >= 4 is 17.0 Å². The molecule has 0 radical (unpaired) electrons. The van der Waals surface area contributed by atoms with Gasteiger partial charge < -0.3 is 14.5 Å². The second-order valence-corrected chi connectivity index (χ2v) is 6.01. The van der Waals surface area contributed by atoms with Crippen LogP contribution in [0.5, 0.6) is 11.8 Å². The number of ether oxygens (including phenoxy) is 2. The normalized spacial score (nSPS) is 10.7. The van der Waals surface area contributed by atoms with Crippen LogP contribution in [0.15, 0.2) is 66.9 Å². The molecule has 2 aromatic heterocycles. The van der Waals surface area contributed by atoms with Crippen LogP contribution in [0.1, 0.15) is 21.6 Å². The monoisotopic (exact) mass is 359 g/mol. The quantitative estimate of drug-likeness (QED) is 0.534. The van der Waals surface area contributed by atoms with E-state index in [1.807, 2.05) is 54.6 Å². The fraction of sp³-hybridized carbons (Fsp3) is 0.0952. The number of carbonyl (C=O) groups is 1. The van der Waals surface area contributed by atoms with E-state index < -0.39 is 5.97 Å². The highest BCUT2D eigenvalue weighted by Gasteiger charge is 2.17. The van der Waals surface area contributed by atoms with E-state index in [1.54, 1.807) is 13.0 Å². The number of benzene rings is 2. The number of pyridine rings is 1. The Bertz CT molecular complexity index is 1060. The van der Waals surface area contributed by atoms with Crippen LogP contribution in [0.25, 0.3) is 11.0 Å². The smallest absolute Gasteiger partial charge is 0.357 e. The molecule has 0 bridgehead atoms. The molecular weight excluding hydrogens is 342 g/mol. The Labute approximate surface area is 155 Å². The standard InChI is InChI=1S/C21H17N3O3/c1-14-18(27-21-23-16-9-5-6-10-17(16)24-21)11-12-22-19(14)20(25)26-13-15-7-3-2-4-8-15/h2-12H,13H2,1H3,(H,23,24). The molecule has 0 aliphatic carbocycles. The van der Waals surface area contributed by atoms with Crippen molar-refractivity contribution < 1.29 is 14.3 Å². The maximum atomic E-state index is 12.4. The van der Waals surface area contributed by atoms with Gasteiger partial charge in [-0.05, 0) is 30.7 Å². The summed E-state index contributed by atoms with van der Waals surface area (Å²) in [6.07, 6.45) is 1.52. The number of H-pyrrole nitrogens is 1. The van der Waals surface area contributed by atoms with Gasteiger partial charge in [0.25, 0.3) is 6.01 Å². The van der Waals surface area contributed by atoms with E-state index in [-0.39, 0.29) is 12.3 Å². The van der Waals surface area contributed by atoms with Crippen molar-refractivity contribution in [2.24, 2.45) is 0 Å². The summed E-state index contributed by atoms with van der Waals surface area (Å²) in [6.45, 7) is 1.96. The lowest BCUT2D eigenvalue weighted by molar-refractivity contribution is 0.0464. The highest BCUT2D eigenvalue weighted by atomic mass is 16.5. The van der Waals surface area contributed by atoms with Gasteiger partial charge in [-0.25, -0.2) is 9.78 Å². The zero-order valence-corrected chi connectivity index (χ0v) is 14.7. The van der Waals surface area contributed by atoms with Gasteiger partial charge in [-0.15, -0.1) is 0 Å². The molecule has 134 valence electrons. The van der Waals surface area contributed by atoms with E-state index in [0.717, 1.165) is 16.6 Å². The van der Waals surface area contributed by atoms with Crippen LogP contribution in [0, 0.1) is 6.92 Å². The molecule has 0 aliphatic rings. The van der Waals surface area contributed by atoms with E-state index in [4.69, 9.17) is 9.47 Å². The Morgan fingerprint density at radius 2 is 1.81 bits per heavy atom. The number of para-hydroxylation sites is 2. The lowest BCUT2D eigenvalue weighted by Gasteiger charge is -2.10. The van der Waals surface area contributed by atoms with Gasteiger partial charge in [-0.2, -0.15) is 4.98 Å². The van der Waals surface area contributed by atoms with Crippen molar-refractivity contribution in [3.05, 3.63) is 83.7 Å². The molecule has 0 aliphatic heterocycles. The van der Waals surface area contributed by atoms with Crippen molar-refractivity contribution in [3.8, 4) is 11.8 Å². The van der Waals surface area contributed by atoms with Crippen LogP contribution in [0.4, 0.5) is 0 Å². The Kier molecular flexibility index (Phi) is 4.53. The van der Waals surface area contributed by atoms with Crippen molar-refractivity contribution in [2.75, 3.05) is 0 Å². The summed E-state index contributed by atoms with van der Waals surface area (Å²) in [5, 5.41) is 0. The van der Waals surface area contributed by atoms with Crippen LogP contribution in [-0.2, 0) is 11.3 Å². The molecule has 0 saturated carbocycles. The van der Waals surface area contributed by atoms with Gasteiger partial charge in [0, 0.05) is 11.8 Å². The van der Waals surface area contributed by atoms with Crippen LogP contribution >= 0.6 is 0 Å². The van der Waals surface area contributed by atoms with Gasteiger partial charge in [0.2, 0.25) is 0 Å². The molecular formula is C21H17N3O3. The molecule has 0 saturated heterocycles. The number of carbonyl (C=O) groups excluding carboxylic acids is 1. The Balaban J connectivity index is 1.52. The predicted molar refractivity (Wildman–Crippen MR) is 101 cm³/mol. The minimum Gasteiger partial charge on any atom is -0.456 e. The number of nitrogens with zero attached hydrogens (tertiary/aromatic N) is 2. The predicted octanol–water partition coefficient (Wildman–Crippen LogP) is 4.42. The van der Waals surface area contributed by atoms with Crippen LogP contribution in [0.3, 0.4) is 0 Å². The zero-order valence-electron chi connectivity index (χ0n) is 14.7. The number of nitrogens with one attached hydrogen (secondary N) is 1. The zero-order chi connectivity index (χ0) is 18.6. The topological polar surface area (TPSA) is 77.1 Å². The molecule has 0 spiro atoms. The third-order valence-electron chi connectivity index (χ3n) is 4.13. The van der Waals surface area contributed by atoms with Crippen LogP contribution < -0.4 is 4.74 Å². The van der Waals surface area contributed by atoms with E-state index in [1.165, 1.54) is 6.20 Å². The van der Waals surface area contributed by atoms with E-state index in [0.29, 0.717) is 17.3 Å². The molecule has 2 heterocycles. The molecule has 0 fully saturated rings. The SMILES string of the molecule is Cc1c(Oc2nc3ccccc3[nH]2)ccnc1C(=O)OCc1ccccc1. The maximum Gasteiger partial charge on any atom is 0.357 e. The molecule has 6 heteroatoms. The van der Waals surface area contributed by atoms with Gasteiger partial charge in [0.15, 0.2) is 5.69 Å². The maximum absolute atomic E-state index is 12.4. The van der Waals surface area contributed by atoms with Crippen molar-refractivity contribution in [1.82, 2.24) is 15.0 Å². The highest BCUT2D eigenvalue weighted by molar-refractivity contribution is 5.89. The first-order valence-corrected chi connectivity index (χ1v) is 8.50. The van der Waals surface area contributed by atoms with Crippen molar-refractivity contribution in [3.63, 3.8) is 0 Å². The number of aromatic amines is 1. The van der Waals surface area contributed by atoms with E-state index in [2.05, 4.69) is 15.0 Å². The Morgan fingerprint density at radius 1 is 1.04 bits per heavy atom. The third kappa shape index (κ3) is 3.64. The lowest BCUT2D eigenvalue weighted by Crippen LogP contribution is -2.10. The van der Waals surface area contributed by atoms with E-state index >= 15 is 0 Å². The Morgan fingerprint density at radius 3 is 2.63 bits per heavy atom. The van der Waals surface area contributed by atoms with Crippen LogP contribution in [-0.4, -0.2) is 20.9 Å². The second kappa shape index (κ2) is 7.29. The summed E-state index contributed by atoms with van der Waals surface area (Å²) in [5.41, 5.74) is 3.41. The minimum atomic E-state index is -0.494. The molecule has 1 N–H and O–H groups in total. The fourth-order valence-electron chi connectivity index (χ4n) is 2.71. The minimum absolute atomic E-state index is 0.190. The van der Waals surface area contributed by atoms with Gasteiger partial charge in [0.1, 0.15) is 12.4 Å². The molecule has 4 aromatic rings. The summed E-state index contributed by atoms with van der Waals surface area (Å²) < 4.78 is 11.2. The van der Waals surface area contributed by atoms with Gasteiger partial charge in [0.05, 0.1) is 11.0 Å². The summed E-state index contributed by atoms with van der Waals surface area (Å²) >= 11 is 0. The average Bonchev–Trinajstić information content (AvgIpc) is 3.11. The molecule has 0 atom stereocenters. The largest absolute Gasteiger partial charge is 0.456 e. The van der Waals surface area contributed by atoms with Gasteiger partial charge in [-0.1, -0.05) is 42.5 Å². The van der Waals surface area contributed by atoms with Crippen molar-refractivity contribution in [2.45, 2.75) is 13.5 Å². The first-order chi connectivity index (χ1) is 13.2. The van der Waals surface area contributed by atoms with E-state index in [9.17, 15) is 4.79 Å². The average molecular weight is 359 g/mol. The van der Waals surface area contributed by atoms with Gasteiger partial charge >= 0.3 is 5.97 Å². The number of imidazole rings is 1. The number of hydrogen-bond acceptors (Lipinski definition) is 5. The molecule has 27 heavy (non-hydrogen) atoms. The summed E-state index contributed by atoms with van der Waals surface area (Å²) in [5.74, 6) is 0.00197.